The van der Waals surface area contributed by atoms with Crippen LogP contribution in [-0.2, 0) is 0 Å². The fraction of sp³-hybridized carbons (Fsp3) is 0.100. The van der Waals surface area contributed by atoms with Gasteiger partial charge in [-0.1, -0.05) is 24.3 Å². The zero-order valence-corrected chi connectivity index (χ0v) is 14.8. The van der Waals surface area contributed by atoms with Crippen molar-refractivity contribution in [1.29, 1.82) is 0 Å². The summed E-state index contributed by atoms with van der Waals surface area (Å²) in [4.78, 5) is 22.6. The number of aryl methyl sites for hydroxylation is 2. The Hall–Kier alpha value is -3.74. The van der Waals surface area contributed by atoms with E-state index in [2.05, 4.69) is 10.5 Å². The van der Waals surface area contributed by atoms with E-state index in [1.807, 2.05) is 26.0 Å². The zero-order valence-electron chi connectivity index (χ0n) is 14.8. The summed E-state index contributed by atoms with van der Waals surface area (Å²) in [7, 11) is 0. The Bertz CT molecular complexity index is 1040. The average molecular weight is 363 g/mol. The smallest absolute Gasteiger partial charge is 0.271 e. The Morgan fingerprint density at radius 2 is 1.89 bits per heavy atom. The van der Waals surface area contributed by atoms with E-state index in [-0.39, 0.29) is 11.6 Å². The van der Waals surface area contributed by atoms with Gasteiger partial charge in [-0.15, -0.1) is 0 Å². The molecule has 27 heavy (non-hydrogen) atoms. The lowest BCUT2D eigenvalue weighted by molar-refractivity contribution is -0.384. The number of furan rings is 1. The van der Waals surface area contributed by atoms with Gasteiger partial charge in [0.1, 0.15) is 11.5 Å². The van der Waals surface area contributed by atoms with Gasteiger partial charge in [0.25, 0.3) is 11.6 Å². The maximum atomic E-state index is 12.1. The number of hydrogen-bond donors (Lipinski definition) is 1. The minimum absolute atomic E-state index is 0.00675. The van der Waals surface area contributed by atoms with E-state index in [0.29, 0.717) is 22.6 Å². The highest BCUT2D eigenvalue weighted by Gasteiger charge is 2.13. The SMILES string of the molecule is Cc1ccccc1C(=O)N/N=C\c1ccc(-c2cc([N+](=O)[O-])ccc2C)o1. The first kappa shape index (κ1) is 18.1. The molecule has 0 saturated heterocycles. The number of rotatable bonds is 5. The largest absolute Gasteiger partial charge is 0.455 e. The fourth-order valence-electron chi connectivity index (χ4n) is 2.60. The van der Waals surface area contributed by atoms with E-state index < -0.39 is 4.92 Å². The second kappa shape index (κ2) is 7.65. The van der Waals surface area contributed by atoms with Crippen molar-refractivity contribution in [3.8, 4) is 11.3 Å². The summed E-state index contributed by atoms with van der Waals surface area (Å²) in [5, 5.41) is 14.9. The summed E-state index contributed by atoms with van der Waals surface area (Å²) in [6, 6.07) is 15.2. The number of hydrogen-bond acceptors (Lipinski definition) is 5. The number of nitro benzene ring substituents is 1. The molecule has 1 heterocycles. The van der Waals surface area contributed by atoms with Crippen LogP contribution in [0.15, 0.2) is 64.1 Å². The van der Waals surface area contributed by atoms with E-state index in [1.165, 1.54) is 18.3 Å². The normalized spacial score (nSPS) is 10.9. The van der Waals surface area contributed by atoms with Gasteiger partial charge in [-0.2, -0.15) is 5.10 Å². The molecule has 2 aromatic carbocycles. The molecule has 0 unspecified atom stereocenters. The maximum absolute atomic E-state index is 12.1. The minimum atomic E-state index is -0.449. The second-order valence-electron chi connectivity index (χ2n) is 5.97. The highest BCUT2D eigenvalue weighted by Crippen LogP contribution is 2.28. The molecule has 7 heteroatoms. The van der Waals surface area contributed by atoms with Crippen LogP contribution < -0.4 is 5.43 Å². The third kappa shape index (κ3) is 4.09. The predicted molar refractivity (Wildman–Crippen MR) is 102 cm³/mol. The van der Waals surface area contributed by atoms with Crippen molar-refractivity contribution in [2.45, 2.75) is 13.8 Å². The third-order valence-corrected chi connectivity index (χ3v) is 4.07. The minimum Gasteiger partial charge on any atom is -0.455 e. The Kier molecular flexibility index (Phi) is 5.12. The molecule has 0 aliphatic heterocycles. The highest BCUT2D eigenvalue weighted by atomic mass is 16.6. The standard InChI is InChI=1S/C20H17N3O4/c1-13-5-3-4-6-17(13)20(24)22-21-12-16-9-10-19(27-16)18-11-15(23(25)26)8-7-14(18)2/h3-12H,1-2H3,(H,22,24)/b21-12-. The Balaban J connectivity index is 1.74. The predicted octanol–water partition coefficient (Wildman–Crippen LogP) is 4.24. The number of nitrogens with one attached hydrogen (secondary N) is 1. The van der Waals surface area contributed by atoms with Gasteiger partial charge in [-0.25, -0.2) is 5.43 Å². The van der Waals surface area contributed by atoms with Gasteiger partial charge < -0.3 is 4.42 Å². The fourth-order valence-corrected chi connectivity index (χ4v) is 2.60. The van der Waals surface area contributed by atoms with Crippen LogP contribution in [0, 0.1) is 24.0 Å². The number of nitrogens with zero attached hydrogens (tertiary/aromatic N) is 2. The molecule has 1 N–H and O–H groups in total. The van der Waals surface area contributed by atoms with Crippen molar-refractivity contribution in [3.05, 3.63) is 87.2 Å². The van der Waals surface area contributed by atoms with E-state index >= 15 is 0 Å². The van der Waals surface area contributed by atoms with Crippen LogP contribution >= 0.6 is 0 Å². The first-order valence-corrected chi connectivity index (χ1v) is 8.20. The summed E-state index contributed by atoms with van der Waals surface area (Å²) in [5.74, 6) is 0.592. The van der Waals surface area contributed by atoms with Crippen LogP contribution in [0.1, 0.15) is 27.2 Å². The van der Waals surface area contributed by atoms with Crippen LogP contribution in [0.2, 0.25) is 0 Å². The number of nitro groups is 1. The third-order valence-electron chi connectivity index (χ3n) is 4.07. The van der Waals surface area contributed by atoms with Gasteiger partial charge in [-0.05, 0) is 43.2 Å². The number of amides is 1. The molecular formula is C20H17N3O4. The molecule has 3 rings (SSSR count). The quantitative estimate of drug-likeness (QED) is 0.416. The summed E-state index contributed by atoms with van der Waals surface area (Å²) in [6.07, 6.45) is 1.38. The molecule has 0 saturated carbocycles. The van der Waals surface area contributed by atoms with Crippen LogP contribution in [0.25, 0.3) is 11.3 Å². The molecule has 0 fully saturated rings. The van der Waals surface area contributed by atoms with Crippen LogP contribution in [0.3, 0.4) is 0 Å². The topological polar surface area (TPSA) is 97.7 Å². The zero-order chi connectivity index (χ0) is 19.4. The van der Waals surface area contributed by atoms with Crippen molar-refractivity contribution in [1.82, 2.24) is 5.43 Å². The molecule has 136 valence electrons. The number of carbonyl (C=O) groups excluding carboxylic acids is 1. The molecule has 0 radical (unpaired) electrons. The number of carbonyl (C=O) groups is 1. The first-order chi connectivity index (χ1) is 13.0. The molecule has 7 nitrogen and oxygen atoms in total. The maximum Gasteiger partial charge on any atom is 0.271 e. The molecule has 3 aromatic rings. The van der Waals surface area contributed by atoms with Crippen LogP contribution in [-0.4, -0.2) is 17.0 Å². The van der Waals surface area contributed by atoms with E-state index in [1.54, 1.807) is 30.3 Å². The molecule has 0 aliphatic carbocycles. The lowest BCUT2D eigenvalue weighted by Gasteiger charge is -2.03. The molecule has 0 aliphatic rings. The molecule has 1 amide bonds. The summed E-state index contributed by atoms with van der Waals surface area (Å²) >= 11 is 0. The van der Waals surface area contributed by atoms with Crippen LogP contribution in [0.4, 0.5) is 5.69 Å². The molecule has 0 bridgehead atoms. The average Bonchev–Trinajstić information content (AvgIpc) is 3.10. The van der Waals surface area contributed by atoms with E-state index in [4.69, 9.17) is 4.42 Å². The van der Waals surface area contributed by atoms with Crippen molar-refractivity contribution in [2.75, 3.05) is 0 Å². The van der Waals surface area contributed by atoms with E-state index in [9.17, 15) is 14.9 Å². The molecule has 0 spiro atoms. The molecular weight excluding hydrogens is 346 g/mol. The first-order valence-electron chi connectivity index (χ1n) is 8.20. The van der Waals surface area contributed by atoms with Crippen LogP contribution in [0.5, 0.6) is 0 Å². The Morgan fingerprint density at radius 3 is 2.63 bits per heavy atom. The second-order valence-corrected chi connectivity index (χ2v) is 5.97. The van der Waals surface area contributed by atoms with Crippen molar-refractivity contribution >= 4 is 17.8 Å². The van der Waals surface area contributed by atoms with E-state index in [0.717, 1.165) is 11.1 Å². The number of hydrazone groups is 1. The molecule has 1 aromatic heterocycles. The summed E-state index contributed by atoms with van der Waals surface area (Å²) in [5.41, 5.74) is 5.33. The monoisotopic (exact) mass is 363 g/mol. The summed E-state index contributed by atoms with van der Waals surface area (Å²) in [6.45, 7) is 3.69. The van der Waals surface area contributed by atoms with Gasteiger partial charge in [0, 0.05) is 23.3 Å². The van der Waals surface area contributed by atoms with Gasteiger partial charge in [0.05, 0.1) is 11.1 Å². The van der Waals surface area contributed by atoms with Gasteiger partial charge in [0.15, 0.2) is 0 Å². The Labute approximate surface area is 155 Å². The Morgan fingerprint density at radius 1 is 1.11 bits per heavy atom. The summed E-state index contributed by atoms with van der Waals surface area (Å²) < 4.78 is 5.67. The van der Waals surface area contributed by atoms with Gasteiger partial charge in [0.2, 0.25) is 0 Å². The lowest BCUT2D eigenvalue weighted by Crippen LogP contribution is -2.18. The molecule has 0 atom stereocenters. The van der Waals surface area contributed by atoms with Gasteiger partial charge >= 0.3 is 0 Å². The van der Waals surface area contributed by atoms with Crippen molar-refractivity contribution in [2.24, 2.45) is 5.10 Å². The van der Waals surface area contributed by atoms with Crippen molar-refractivity contribution < 1.29 is 14.1 Å². The van der Waals surface area contributed by atoms with Gasteiger partial charge in [-0.3, -0.25) is 14.9 Å². The highest BCUT2D eigenvalue weighted by molar-refractivity contribution is 5.96. The number of benzene rings is 2. The van der Waals surface area contributed by atoms with Crippen molar-refractivity contribution in [3.63, 3.8) is 0 Å². The number of non-ortho nitro benzene ring substituents is 1. The lowest BCUT2D eigenvalue weighted by atomic mass is 10.1.